The lowest BCUT2D eigenvalue weighted by Crippen LogP contribution is -2.23. The number of carbonyl (C=O) groups excluding carboxylic acids is 1. The quantitative estimate of drug-likeness (QED) is 0.751. The van der Waals surface area contributed by atoms with E-state index in [-0.39, 0.29) is 11.7 Å². The van der Waals surface area contributed by atoms with E-state index >= 15 is 0 Å². The number of aromatic nitrogens is 1. The fourth-order valence-electron chi connectivity index (χ4n) is 2.38. The van der Waals surface area contributed by atoms with E-state index < -0.39 is 6.04 Å². The maximum atomic E-state index is 13.2. The second kappa shape index (κ2) is 5.81. The van der Waals surface area contributed by atoms with E-state index in [0.29, 0.717) is 10.7 Å². The average molecular weight is 317 g/mol. The summed E-state index contributed by atoms with van der Waals surface area (Å²) in [6.07, 6.45) is 1.79. The molecule has 5 heteroatoms. The third-order valence-corrected chi connectivity index (χ3v) is 3.84. The molecule has 1 amide bonds. The van der Waals surface area contributed by atoms with Crippen LogP contribution in [0, 0.1) is 5.82 Å². The van der Waals surface area contributed by atoms with Gasteiger partial charge in [0.1, 0.15) is 11.9 Å². The molecule has 3 aromatic rings. The normalized spacial score (nSPS) is 12.3. The van der Waals surface area contributed by atoms with Gasteiger partial charge in [0.25, 0.3) is 0 Å². The van der Waals surface area contributed by atoms with E-state index in [0.717, 1.165) is 10.9 Å². The van der Waals surface area contributed by atoms with Crippen molar-refractivity contribution in [1.29, 1.82) is 0 Å². The first-order valence-corrected chi connectivity index (χ1v) is 7.25. The first-order valence-electron chi connectivity index (χ1n) is 6.87. The van der Waals surface area contributed by atoms with Crippen LogP contribution in [0.1, 0.15) is 13.0 Å². The summed E-state index contributed by atoms with van der Waals surface area (Å²) in [7, 11) is 0. The number of amides is 1. The van der Waals surface area contributed by atoms with Crippen molar-refractivity contribution in [1.82, 2.24) is 4.57 Å². The smallest absolute Gasteiger partial charge is 0.247 e. The van der Waals surface area contributed by atoms with E-state index in [1.165, 1.54) is 12.1 Å². The van der Waals surface area contributed by atoms with Gasteiger partial charge in [-0.1, -0.05) is 11.6 Å². The molecule has 1 unspecified atom stereocenters. The fourth-order valence-corrected chi connectivity index (χ4v) is 2.50. The van der Waals surface area contributed by atoms with Gasteiger partial charge in [-0.05, 0) is 55.5 Å². The number of benzene rings is 2. The predicted octanol–water partition coefficient (Wildman–Crippen LogP) is 4.63. The van der Waals surface area contributed by atoms with Gasteiger partial charge in [-0.15, -0.1) is 0 Å². The molecule has 0 aliphatic carbocycles. The summed E-state index contributed by atoms with van der Waals surface area (Å²) < 4.78 is 15.0. The topological polar surface area (TPSA) is 34.0 Å². The summed E-state index contributed by atoms with van der Waals surface area (Å²) in [5.74, 6) is -0.437. The van der Waals surface area contributed by atoms with Crippen LogP contribution in [0.4, 0.5) is 10.1 Å². The molecular formula is C17H14ClFN2O. The third-order valence-electron chi connectivity index (χ3n) is 3.59. The molecule has 0 radical (unpaired) electrons. The lowest BCUT2D eigenvalue weighted by atomic mass is 10.2. The van der Waals surface area contributed by atoms with Gasteiger partial charge in [0.05, 0.1) is 0 Å². The number of fused-ring (bicyclic) bond motifs is 1. The van der Waals surface area contributed by atoms with Gasteiger partial charge in [-0.2, -0.15) is 0 Å². The predicted molar refractivity (Wildman–Crippen MR) is 86.7 cm³/mol. The maximum Gasteiger partial charge on any atom is 0.247 e. The van der Waals surface area contributed by atoms with Gasteiger partial charge < -0.3 is 9.88 Å². The number of nitrogens with zero attached hydrogens (tertiary/aromatic N) is 1. The summed E-state index contributed by atoms with van der Waals surface area (Å²) >= 11 is 5.82. The Hall–Kier alpha value is -2.33. The van der Waals surface area contributed by atoms with Crippen LogP contribution in [0.25, 0.3) is 10.9 Å². The number of carbonyl (C=O) groups is 1. The Morgan fingerprint density at radius 3 is 2.64 bits per heavy atom. The molecule has 0 fully saturated rings. The van der Waals surface area contributed by atoms with Crippen LogP contribution in [0.3, 0.4) is 0 Å². The fraction of sp³-hybridized carbons (Fsp3) is 0.118. The zero-order valence-corrected chi connectivity index (χ0v) is 12.6. The van der Waals surface area contributed by atoms with Crippen LogP contribution in [-0.4, -0.2) is 10.5 Å². The van der Waals surface area contributed by atoms with Crippen molar-refractivity contribution >= 4 is 34.1 Å². The van der Waals surface area contributed by atoms with Crippen molar-refractivity contribution in [3.63, 3.8) is 0 Å². The summed E-state index contributed by atoms with van der Waals surface area (Å²) in [4.78, 5) is 12.4. The molecule has 112 valence electrons. The molecule has 3 nitrogen and oxygen atoms in total. The van der Waals surface area contributed by atoms with E-state index in [9.17, 15) is 9.18 Å². The molecule has 3 rings (SSSR count). The van der Waals surface area contributed by atoms with Gasteiger partial charge >= 0.3 is 0 Å². The zero-order chi connectivity index (χ0) is 15.7. The number of anilines is 1. The number of nitrogens with one attached hydrogen (secondary N) is 1. The molecule has 22 heavy (non-hydrogen) atoms. The van der Waals surface area contributed by atoms with Crippen LogP contribution in [0.5, 0.6) is 0 Å². The molecule has 0 saturated carbocycles. The minimum Gasteiger partial charge on any atom is -0.335 e. The first kappa shape index (κ1) is 14.6. The summed E-state index contributed by atoms with van der Waals surface area (Å²) in [6, 6.07) is 12.8. The Morgan fingerprint density at radius 2 is 1.91 bits per heavy atom. The molecule has 2 aromatic carbocycles. The summed E-state index contributed by atoms with van der Waals surface area (Å²) in [5.41, 5.74) is 1.50. The molecule has 1 aromatic heterocycles. The molecule has 0 bridgehead atoms. The van der Waals surface area contributed by atoms with Gasteiger partial charge in [0.2, 0.25) is 5.91 Å². The lowest BCUT2D eigenvalue weighted by molar-refractivity contribution is -0.118. The number of halogens is 2. The standard InChI is InChI=1S/C17H14ClFN2O/c1-11(17(22)20-15-5-2-13(18)3-6-15)21-9-8-12-10-14(19)4-7-16(12)21/h2-11H,1H3,(H,20,22). The van der Waals surface area contributed by atoms with Crippen molar-refractivity contribution in [2.45, 2.75) is 13.0 Å². The monoisotopic (exact) mass is 316 g/mol. The van der Waals surface area contributed by atoms with Crippen LogP contribution in [0.15, 0.2) is 54.7 Å². The Morgan fingerprint density at radius 1 is 1.18 bits per heavy atom. The Bertz CT molecular complexity index is 826. The van der Waals surface area contributed by atoms with Crippen LogP contribution < -0.4 is 5.32 Å². The van der Waals surface area contributed by atoms with E-state index in [4.69, 9.17) is 11.6 Å². The SMILES string of the molecule is CC(C(=O)Nc1ccc(Cl)cc1)n1ccc2cc(F)ccc21. The highest BCUT2D eigenvalue weighted by Crippen LogP contribution is 2.22. The van der Waals surface area contributed by atoms with Crippen molar-refractivity contribution in [3.05, 3.63) is 65.6 Å². The summed E-state index contributed by atoms with van der Waals surface area (Å²) in [6.45, 7) is 1.80. The molecule has 0 saturated heterocycles. The molecule has 1 heterocycles. The average Bonchev–Trinajstić information content (AvgIpc) is 2.91. The largest absolute Gasteiger partial charge is 0.335 e. The maximum absolute atomic E-state index is 13.2. The van der Waals surface area contributed by atoms with Gasteiger partial charge in [-0.3, -0.25) is 4.79 Å². The van der Waals surface area contributed by atoms with Gasteiger partial charge in [0, 0.05) is 27.8 Å². The number of hydrogen-bond donors (Lipinski definition) is 1. The molecule has 0 spiro atoms. The Kier molecular flexibility index (Phi) is 3.86. The van der Waals surface area contributed by atoms with Crippen molar-refractivity contribution in [2.24, 2.45) is 0 Å². The van der Waals surface area contributed by atoms with Crippen LogP contribution in [-0.2, 0) is 4.79 Å². The second-order valence-corrected chi connectivity index (χ2v) is 5.53. The van der Waals surface area contributed by atoms with Crippen molar-refractivity contribution < 1.29 is 9.18 Å². The second-order valence-electron chi connectivity index (χ2n) is 5.10. The molecule has 1 N–H and O–H groups in total. The first-order chi connectivity index (χ1) is 10.5. The lowest BCUT2D eigenvalue weighted by Gasteiger charge is -2.15. The van der Waals surface area contributed by atoms with Crippen LogP contribution in [0.2, 0.25) is 5.02 Å². The van der Waals surface area contributed by atoms with Crippen molar-refractivity contribution in [2.75, 3.05) is 5.32 Å². The zero-order valence-electron chi connectivity index (χ0n) is 11.9. The Balaban J connectivity index is 1.84. The molecular weight excluding hydrogens is 303 g/mol. The molecule has 0 aliphatic rings. The van der Waals surface area contributed by atoms with E-state index in [1.807, 2.05) is 4.57 Å². The number of hydrogen-bond acceptors (Lipinski definition) is 1. The van der Waals surface area contributed by atoms with E-state index in [2.05, 4.69) is 5.32 Å². The minimum atomic E-state index is -0.418. The molecule has 1 atom stereocenters. The van der Waals surface area contributed by atoms with Gasteiger partial charge in [-0.25, -0.2) is 4.39 Å². The van der Waals surface area contributed by atoms with Gasteiger partial charge in [0.15, 0.2) is 0 Å². The highest BCUT2D eigenvalue weighted by Gasteiger charge is 2.16. The van der Waals surface area contributed by atoms with Crippen molar-refractivity contribution in [3.8, 4) is 0 Å². The Labute approximate surface area is 132 Å². The third kappa shape index (κ3) is 2.83. The molecule has 0 aliphatic heterocycles. The summed E-state index contributed by atoms with van der Waals surface area (Å²) in [5, 5.41) is 4.23. The van der Waals surface area contributed by atoms with E-state index in [1.54, 1.807) is 49.5 Å². The van der Waals surface area contributed by atoms with Crippen LogP contribution >= 0.6 is 11.6 Å². The number of rotatable bonds is 3. The highest BCUT2D eigenvalue weighted by molar-refractivity contribution is 6.30. The highest BCUT2D eigenvalue weighted by atomic mass is 35.5. The minimum absolute atomic E-state index is 0.149.